The van der Waals surface area contributed by atoms with Gasteiger partial charge in [-0.15, -0.1) is 11.3 Å². The summed E-state index contributed by atoms with van der Waals surface area (Å²) in [5, 5.41) is 3.07. The maximum Gasteiger partial charge on any atom is 0.250 e. The molecule has 1 atom stereocenters. The molecular formula is C23H28Cl2FN3O3S2. The molecule has 1 fully saturated rings. The highest BCUT2D eigenvalue weighted by Gasteiger charge is 2.30. The fraction of sp³-hybridized carbons (Fsp3) is 0.522. The van der Waals surface area contributed by atoms with E-state index in [1.807, 2.05) is 0 Å². The Labute approximate surface area is 213 Å². The van der Waals surface area contributed by atoms with Gasteiger partial charge in [0, 0.05) is 25.3 Å². The smallest absolute Gasteiger partial charge is 0.250 e. The van der Waals surface area contributed by atoms with Crippen LogP contribution < -0.4 is 14.9 Å². The van der Waals surface area contributed by atoms with E-state index in [2.05, 4.69) is 14.9 Å². The second-order valence-electron chi connectivity index (χ2n) is 8.90. The molecule has 1 aliphatic carbocycles. The number of sulfonamides is 1. The van der Waals surface area contributed by atoms with Crippen molar-refractivity contribution in [1.82, 2.24) is 10.0 Å². The van der Waals surface area contributed by atoms with Gasteiger partial charge in [-0.1, -0.05) is 55.3 Å². The summed E-state index contributed by atoms with van der Waals surface area (Å²) < 4.78 is 42.2. The number of nitrogens with zero attached hydrogens (tertiary/aromatic N) is 1. The number of amides is 1. The third-order valence-electron chi connectivity index (χ3n) is 6.51. The van der Waals surface area contributed by atoms with Crippen LogP contribution in [0.3, 0.4) is 0 Å². The van der Waals surface area contributed by atoms with Crippen LogP contribution in [0, 0.1) is 11.7 Å². The van der Waals surface area contributed by atoms with Crippen molar-refractivity contribution >= 4 is 56.2 Å². The Bertz CT molecular complexity index is 1120. The first-order valence-corrected chi connectivity index (χ1v) is 14.6. The predicted octanol–water partition coefficient (Wildman–Crippen LogP) is 4.99. The van der Waals surface area contributed by atoms with Crippen molar-refractivity contribution < 1.29 is 17.6 Å². The van der Waals surface area contributed by atoms with Gasteiger partial charge in [0.15, 0.2) is 0 Å². The molecule has 186 valence electrons. The molecular weight excluding hydrogens is 520 g/mol. The lowest BCUT2D eigenvalue weighted by Gasteiger charge is -2.27. The summed E-state index contributed by atoms with van der Waals surface area (Å²) in [6, 6.07) is 5.17. The average molecular weight is 549 g/mol. The monoisotopic (exact) mass is 547 g/mol. The zero-order chi connectivity index (χ0) is 24.3. The van der Waals surface area contributed by atoms with E-state index in [9.17, 15) is 17.6 Å². The molecule has 2 heterocycles. The first kappa shape index (κ1) is 25.7. The first-order chi connectivity index (χ1) is 16.2. The Kier molecular flexibility index (Phi) is 8.40. The molecule has 34 heavy (non-hydrogen) atoms. The number of benzene rings is 1. The van der Waals surface area contributed by atoms with Gasteiger partial charge in [-0.3, -0.25) is 4.79 Å². The number of carbonyl (C=O) groups excluding carboxylic acids is 1. The van der Waals surface area contributed by atoms with Crippen molar-refractivity contribution in [2.75, 3.05) is 24.5 Å². The molecule has 2 aliphatic rings. The van der Waals surface area contributed by atoms with E-state index in [0.29, 0.717) is 25.4 Å². The Hall–Kier alpha value is -1.39. The van der Waals surface area contributed by atoms with Gasteiger partial charge in [-0.2, -0.15) is 4.72 Å². The molecule has 0 unspecified atom stereocenters. The van der Waals surface area contributed by atoms with E-state index < -0.39 is 16.1 Å². The van der Waals surface area contributed by atoms with E-state index in [1.54, 1.807) is 12.1 Å². The van der Waals surface area contributed by atoms with Crippen molar-refractivity contribution in [3.63, 3.8) is 0 Å². The molecule has 0 radical (unpaired) electrons. The zero-order valence-corrected chi connectivity index (χ0v) is 21.8. The number of hydrogen-bond donors (Lipinski definition) is 2. The lowest BCUT2D eigenvalue weighted by Crippen LogP contribution is -2.49. The predicted molar refractivity (Wildman–Crippen MR) is 135 cm³/mol. The quantitative estimate of drug-likeness (QED) is 0.463. The largest absolute Gasteiger partial charge is 0.369 e. The van der Waals surface area contributed by atoms with Crippen molar-refractivity contribution in [3.8, 4) is 0 Å². The fourth-order valence-electron chi connectivity index (χ4n) is 4.78. The minimum absolute atomic E-state index is 0.00940. The summed E-state index contributed by atoms with van der Waals surface area (Å²) in [5.41, 5.74) is 1.93. The minimum Gasteiger partial charge on any atom is -0.369 e. The molecule has 1 aromatic heterocycles. The van der Waals surface area contributed by atoms with Gasteiger partial charge in [0.05, 0.1) is 5.02 Å². The molecule has 0 spiro atoms. The SMILES string of the molecule is O=C(NCCN1CCc2cc(F)ccc21)[C@H](CC1CCCCC1)NS(=O)(=O)c1cc(Cl)c(Cl)s1. The third kappa shape index (κ3) is 6.23. The Morgan fingerprint density at radius 3 is 2.68 bits per heavy atom. The Morgan fingerprint density at radius 2 is 1.97 bits per heavy atom. The van der Waals surface area contributed by atoms with Gasteiger partial charge in [-0.25, -0.2) is 12.8 Å². The van der Waals surface area contributed by atoms with Crippen molar-refractivity contribution in [2.24, 2.45) is 5.92 Å². The molecule has 1 amide bonds. The number of fused-ring (bicyclic) bond motifs is 1. The van der Waals surface area contributed by atoms with Crippen molar-refractivity contribution in [2.45, 2.75) is 55.2 Å². The van der Waals surface area contributed by atoms with Gasteiger partial charge in [0.25, 0.3) is 10.0 Å². The summed E-state index contributed by atoms with van der Waals surface area (Å²) in [6.45, 7) is 1.67. The average Bonchev–Trinajstić information content (AvgIpc) is 3.36. The summed E-state index contributed by atoms with van der Waals surface area (Å²) in [6.07, 6.45) is 6.55. The topological polar surface area (TPSA) is 78.5 Å². The van der Waals surface area contributed by atoms with Crippen LogP contribution in [-0.2, 0) is 21.2 Å². The third-order valence-corrected chi connectivity index (χ3v) is 10.3. The van der Waals surface area contributed by atoms with Crippen LogP contribution >= 0.6 is 34.5 Å². The normalized spacial score (nSPS) is 17.6. The van der Waals surface area contributed by atoms with Crippen molar-refractivity contribution in [1.29, 1.82) is 0 Å². The van der Waals surface area contributed by atoms with E-state index >= 15 is 0 Å². The number of hydrogen-bond acceptors (Lipinski definition) is 5. The van der Waals surface area contributed by atoms with Crippen LogP contribution in [0.1, 0.15) is 44.1 Å². The van der Waals surface area contributed by atoms with Crippen LogP contribution in [0.4, 0.5) is 10.1 Å². The molecule has 11 heteroatoms. The standard InChI is InChI=1S/C23H28Cl2FN3O3S2/c24-18-14-21(33-22(18)25)34(31,32)28-19(12-15-4-2-1-3-5-15)23(30)27-9-11-29-10-8-16-13-17(26)6-7-20(16)29/h6-7,13-15,19,28H,1-5,8-12H2,(H,27,30)/t19-/m0/s1. The molecule has 4 rings (SSSR count). The van der Waals surface area contributed by atoms with E-state index in [-0.39, 0.29) is 25.3 Å². The van der Waals surface area contributed by atoms with Gasteiger partial charge >= 0.3 is 0 Å². The van der Waals surface area contributed by atoms with Crippen LogP contribution in [0.5, 0.6) is 0 Å². The lowest BCUT2D eigenvalue weighted by atomic mass is 9.85. The lowest BCUT2D eigenvalue weighted by molar-refractivity contribution is -0.123. The molecule has 2 aromatic rings. The number of rotatable bonds is 9. The molecule has 1 aliphatic heterocycles. The van der Waals surface area contributed by atoms with E-state index in [4.69, 9.17) is 23.2 Å². The first-order valence-electron chi connectivity index (χ1n) is 11.5. The molecule has 6 nitrogen and oxygen atoms in total. The highest BCUT2D eigenvalue weighted by atomic mass is 35.5. The molecule has 2 N–H and O–H groups in total. The highest BCUT2D eigenvalue weighted by molar-refractivity contribution is 7.91. The number of nitrogens with one attached hydrogen (secondary N) is 2. The summed E-state index contributed by atoms with van der Waals surface area (Å²) in [7, 11) is -3.95. The fourth-order valence-corrected chi connectivity index (χ4v) is 7.88. The van der Waals surface area contributed by atoms with Crippen LogP contribution in [-0.4, -0.2) is 40.0 Å². The van der Waals surface area contributed by atoms with Crippen molar-refractivity contribution in [3.05, 3.63) is 45.0 Å². The van der Waals surface area contributed by atoms with Crippen LogP contribution in [0.15, 0.2) is 28.5 Å². The maximum absolute atomic E-state index is 13.5. The van der Waals surface area contributed by atoms with Gasteiger partial charge < -0.3 is 10.2 Å². The van der Waals surface area contributed by atoms with E-state index in [0.717, 1.165) is 61.2 Å². The van der Waals surface area contributed by atoms with E-state index in [1.165, 1.54) is 18.6 Å². The summed E-state index contributed by atoms with van der Waals surface area (Å²) in [5.74, 6) is -0.301. The summed E-state index contributed by atoms with van der Waals surface area (Å²) >= 11 is 12.8. The number of halogens is 3. The number of thiophene rings is 1. The number of carbonyl (C=O) groups is 1. The van der Waals surface area contributed by atoms with Gasteiger partial charge in [-0.05, 0) is 48.6 Å². The second-order valence-corrected chi connectivity index (χ2v) is 12.9. The highest BCUT2D eigenvalue weighted by Crippen LogP contribution is 2.35. The second kappa shape index (κ2) is 11.1. The van der Waals surface area contributed by atoms with Crippen LogP contribution in [0.25, 0.3) is 0 Å². The maximum atomic E-state index is 13.5. The molecule has 1 aromatic carbocycles. The van der Waals surface area contributed by atoms with Crippen LogP contribution in [0.2, 0.25) is 9.36 Å². The Balaban J connectivity index is 1.40. The molecule has 0 bridgehead atoms. The molecule has 0 saturated heterocycles. The number of anilines is 1. The molecule has 1 saturated carbocycles. The summed E-state index contributed by atoms with van der Waals surface area (Å²) in [4.78, 5) is 15.2. The van der Waals surface area contributed by atoms with Gasteiger partial charge in [0.2, 0.25) is 5.91 Å². The zero-order valence-electron chi connectivity index (χ0n) is 18.7. The Morgan fingerprint density at radius 1 is 1.21 bits per heavy atom. The van der Waals surface area contributed by atoms with Gasteiger partial charge in [0.1, 0.15) is 20.4 Å². The minimum atomic E-state index is -3.95.